The van der Waals surface area contributed by atoms with Gasteiger partial charge in [-0.25, -0.2) is 4.39 Å². The summed E-state index contributed by atoms with van der Waals surface area (Å²) in [5, 5.41) is 0.00324. The summed E-state index contributed by atoms with van der Waals surface area (Å²) >= 11 is 5.97. The van der Waals surface area contributed by atoms with E-state index in [4.69, 9.17) is 25.5 Å². The molecule has 0 amide bonds. The zero-order valence-electron chi connectivity index (χ0n) is 17.9. The van der Waals surface area contributed by atoms with Crippen LogP contribution in [0.1, 0.15) is 22.5 Å². The quantitative estimate of drug-likeness (QED) is 0.269. The summed E-state index contributed by atoms with van der Waals surface area (Å²) in [5.41, 5.74) is 0.244. The minimum absolute atomic E-state index is 0.0612. The zero-order chi connectivity index (χ0) is 24.6. The van der Waals surface area contributed by atoms with Crippen LogP contribution in [-0.2, 0) is 12.8 Å². The minimum atomic E-state index is -5.00. The summed E-state index contributed by atoms with van der Waals surface area (Å²) < 4.78 is 71.2. The van der Waals surface area contributed by atoms with Gasteiger partial charge in [-0.15, -0.1) is 0 Å². The van der Waals surface area contributed by atoms with Gasteiger partial charge in [0, 0.05) is 11.6 Å². The van der Waals surface area contributed by atoms with Crippen molar-refractivity contribution in [2.45, 2.75) is 26.6 Å². The van der Waals surface area contributed by atoms with Crippen LogP contribution in [0.5, 0.6) is 17.2 Å². The SMILES string of the molecule is Cc1cc(C)cc(Oc2c(C(F)(F)F)oc3cc(OCc4c(F)cccc4Cl)ccc3c2=O)c1. The molecule has 0 aliphatic carbocycles. The van der Waals surface area contributed by atoms with E-state index in [9.17, 15) is 22.4 Å². The van der Waals surface area contributed by atoms with Gasteiger partial charge in [0.15, 0.2) is 0 Å². The third kappa shape index (κ3) is 4.87. The van der Waals surface area contributed by atoms with E-state index >= 15 is 0 Å². The average molecular weight is 493 g/mol. The van der Waals surface area contributed by atoms with E-state index < -0.39 is 28.9 Å². The van der Waals surface area contributed by atoms with Gasteiger partial charge < -0.3 is 13.9 Å². The highest BCUT2D eigenvalue weighted by molar-refractivity contribution is 6.31. The molecule has 0 unspecified atom stereocenters. The smallest absolute Gasteiger partial charge is 0.453 e. The van der Waals surface area contributed by atoms with Crippen LogP contribution in [-0.4, -0.2) is 0 Å². The molecule has 176 valence electrons. The molecule has 0 bridgehead atoms. The van der Waals surface area contributed by atoms with Crippen LogP contribution in [0, 0.1) is 19.7 Å². The van der Waals surface area contributed by atoms with Crippen molar-refractivity contribution < 1.29 is 31.5 Å². The van der Waals surface area contributed by atoms with Gasteiger partial charge in [-0.3, -0.25) is 4.79 Å². The van der Waals surface area contributed by atoms with Crippen LogP contribution >= 0.6 is 11.6 Å². The predicted molar refractivity (Wildman–Crippen MR) is 119 cm³/mol. The Hall–Kier alpha value is -3.52. The number of rotatable bonds is 5. The van der Waals surface area contributed by atoms with E-state index in [1.807, 2.05) is 6.07 Å². The van der Waals surface area contributed by atoms with Crippen LogP contribution in [0.15, 0.2) is 63.8 Å². The molecule has 4 nitrogen and oxygen atoms in total. The van der Waals surface area contributed by atoms with Crippen LogP contribution in [0.4, 0.5) is 17.6 Å². The highest BCUT2D eigenvalue weighted by Crippen LogP contribution is 2.39. The van der Waals surface area contributed by atoms with Crippen molar-refractivity contribution in [2.75, 3.05) is 0 Å². The maximum Gasteiger partial charge on any atom is 0.453 e. The molecule has 0 radical (unpaired) electrons. The second-order valence-corrected chi connectivity index (χ2v) is 8.07. The van der Waals surface area contributed by atoms with Gasteiger partial charge in [-0.1, -0.05) is 23.7 Å². The van der Waals surface area contributed by atoms with Crippen molar-refractivity contribution in [2.24, 2.45) is 0 Å². The van der Waals surface area contributed by atoms with Crippen LogP contribution < -0.4 is 14.9 Å². The number of aryl methyl sites for hydroxylation is 2. The second-order valence-electron chi connectivity index (χ2n) is 7.66. The molecule has 4 aromatic rings. The molecule has 0 aliphatic rings. The molecule has 3 aromatic carbocycles. The highest BCUT2D eigenvalue weighted by atomic mass is 35.5. The largest absolute Gasteiger partial charge is 0.489 e. The summed E-state index contributed by atoms with van der Waals surface area (Å²) in [7, 11) is 0. The molecular formula is C25H17ClF4O4. The van der Waals surface area contributed by atoms with Crippen molar-refractivity contribution in [3.8, 4) is 17.2 Å². The Morgan fingerprint density at radius 2 is 1.68 bits per heavy atom. The molecule has 34 heavy (non-hydrogen) atoms. The van der Waals surface area contributed by atoms with Gasteiger partial charge >= 0.3 is 6.18 Å². The lowest BCUT2D eigenvalue weighted by Crippen LogP contribution is -2.15. The van der Waals surface area contributed by atoms with E-state index in [1.165, 1.54) is 42.5 Å². The fourth-order valence-corrected chi connectivity index (χ4v) is 3.68. The Morgan fingerprint density at radius 1 is 0.971 bits per heavy atom. The van der Waals surface area contributed by atoms with Gasteiger partial charge in [0.1, 0.15) is 29.5 Å². The highest BCUT2D eigenvalue weighted by Gasteiger charge is 2.40. The van der Waals surface area contributed by atoms with E-state index in [0.717, 1.165) is 17.2 Å². The molecule has 0 fully saturated rings. The summed E-state index contributed by atoms with van der Waals surface area (Å²) in [6.07, 6.45) is -5.00. The molecule has 4 rings (SSSR count). The van der Waals surface area contributed by atoms with Crippen LogP contribution in [0.25, 0.3) is 11.0 Å². The number of halogens is 5. The fourth-order valence-electron chi connectivity index (χ4n) is 3.46. The van der Waals surface area contributed by atoms with E-state index in [-0.39, 0.29) is 39.7 Å². The maximum atomic E-state index is 14.0. The van der Waals surface area contributed by atoms with E-state index in [1.54, 1.807) is 13.8 Å². The number of ether oxygens (including phenoxy) is 2. The minimum Gasteiger partial charge on any atom is -0.489 e. The summed E-state index contributed by atoms with van der Waals surface area (Å²) in [6, 6.07) is 12.7. The van der Waals surface area contributed by atoms with Crippen molar-refractivity contribution in [3.63, 3.8) is 0 Å². The molecule has 0 saturated heterocycles. The Bertz CT molecular complexity index is 1400. The van der Waals surface area contributed by atoms with Gasteiger partial charge in [-0.05, 0) is 61.4 Å². The lowest BCUT2D eigenvalue weighted by atomic mass is 10.1. The summed E-state index contributed by atoms with van der Waals surface area (Å²) in [6.45, 7) is 3.23. The van der Waals surface area contributed by atoms with Crippen molar-refractivity contribution in [3.05, 3.63) is 98.1 Å². The third-order valence-corrected chi connectivity index (χ3v) is 5.29. The van der Waals surface area contributed by atoms with Gasteiger partial charge in [-0.2, -0.15) is 13.2 Å². The maximum absolute atomic E-state index is 14.0. The summed E-state index contributed by atoms with van der Waals surface area (Å²) in [4.78, 5) is 13.0. The molecule has 1 heterocycles. The first kappa shape index (κ1) is 23.6. The first-order valence-electron chi connectivity index (χ1n) is 10.0. The fraction of sp³-hybridized carbons (Fsp3) is 0.160. The summed E-state index contributed by atoms with van der Waals surface area (Å²) in [5.74, 6) is -2.98. The standard InChI is InChI=1S/C25H17ClF4O4/c1-13-8-14(2)10-16(9-13)33-23-22(31)17-7-6-15(11-21(17)34-24(23)25(28,29)30)32-12-18-19(26)4-3-5-20(18)27/h3-11H,12H2,1-2H3. The Morgan fingerprint density at radius 3 is 2.32 bits per heavy atom. The number of alkyl halides is 3. The Kier molecular flexibility index (Phi) is 6.27. The molecule has 1 aromatic heterocycles. The lowest BCUT2D eigenvalue weighted by Gasteiger charge is -2.14. The molecule has 0 saturated carbocycles. The first-order valence-corrected chi connectivity index (χ1v) is 10.4. The lowest BCUT2D eigenvalue weighted by molar-refractivity contribution is -0.154. The molecule has 0 atom stereocenters. The molecule has 0 spiro atoms. The number of benzene rings is 3. The molecular weight excluding hydrogens is 476 g/mol. The predicted octanol–water partition coefficient (Wildman–Crippen LogP) is 7.59. The van der Waals surface area contributed by atoms with Crippen LogP contribution in [0.2, 0.25) is 5.02 Å². The van der Waals surface area contributed by atoms with E-state index in [2.05, 4.69) is 0 Å². The van der Waals surface area contributed by atoms with Crippen molar-refractivity contribution >= 4 is 22.6 Å². The number of fused-ring (bicyclic) bond motifs is 1. The monoisotopic (exact) mass is 492 g/mol. The van der Waals surface area contributed by atoms with Gasteiger partial charge in [0.25, 0.3) is 5.76 Å². The molecule has 0 N–H and O–H groups in total. The van der Waals surface area contributed by atoms with Crippen molar-refractivity contribution in [1.29, 1.82) is 0 Å². The van der Waals surface area contributed by atoms with Crippen LogP contribution in [0.3, 0.4) is 0 Å². The normalized spacial score (nSPS) is 11.6. The Balaban J connectivity index is 1.75. The molecule has 9 heteroatoms. The van der Waals surface area contributed by atoms with E-state index in [0.29, 0.717) is 0 Å². The van der Waals surface area contributed by atoms with Gasteiger partial charge in [0.05, 0.1) is 10.4 Å². The molecule has 0 aliphatic heterocycles. The second kappa shape index (κ2) is 9.02. The van der Waals surface area contributed by atoms with Gasteiger partial charge in [0.2, 0.25) is 11.2 Å². The topological polar surface area (TPSA) is 48.7 Å². The number of hydrogen-bond acceptors (Lipinski definition) is 4. The first-order chi connectivity index (χ1) is 16.0. The Labute approximate surface area is 196 Å². The zero-order valence-corrected chi connectivity index (χ0v) is 18.7. The number of hydrogen-bond donors (Lipinski definition) is 0. The third-order valence-electron chi connectivity index (χ3n) is 4.94. The van der Waals surface area contributed by atoms with Crippen molar-refractivity contribution in [1.82, 2.24) is 0 Å². The average Bonchev–Trinajstić information content (AvgIpc) is 2.73.